The average Bonchev–Trinajstić information content (AvgIpc) is 2.70. The van der Waals surface area contributed by atoms with Crippen LogP contribution < -0.4 is 0 Å². The van der Waals surface area contributed by atoms with Crippen molar-refractivity contribution in [2.24, 2.45) is 0 Å². The second-order valence-corrected chi connectivity index (χ2v) is 3.71. The lowest BCUT2D eigenvalue weighted by molar-refractivity contribution is 0.0691. The van der Waals surface area contributed by atoms with Gasteiger partial charge in [-0.15, -0.1) is 0 Å². The second-order valence-electron chi connectivity index (χ2n) is 3.71. The zero-order valence-electron chi connectivity index (χ0n) is 8.90. The van der Waals surface area contributed by atoms with Gasteiger partial charge in [-0.25, -0.2) is 9.78 Å². The molecule has 0 bridgehead atoms. The van der Waals surface area contributed by atoms with Gasteiger partial charge in [-0.2, -0.15) is 0 Å². The third kappa shape index (κ3) is 2.28. The summed E-state index contributed by atoms with van der Waals surface area (Å²) in [5.41, 5.74) is 2.44. The average molecular weight is 216 g/mol. The number of aryl methyl sites for hydroxylation is 1. The highest BCUT2D eigenvalue weighted by molar-refractivity contribution is 5.85. The SMILES string of the molecule is Cc1ccc(Cc2ncc(C(=O)O)[nH]2)cc1. The predicted molar refractivity (Wildman–Crippen MR) is 59.5 cm³/mol. The molecule has 1 aromatic carbocycles. The van der Waals surface area contributed by atoms with Crippen LogP contribution in [0.2, 0.25) is 0 Å². The van der Waals surface area contributed by atoms with E-state index in [0.717, 1.165) is 5.56 Å². The Morgan fingerprint density at radius 1 is 1.38 bits per heavy atom. The van der Waals surface area contributed by atoms with E-state index in [1.165, 1.54) is 11.8 Å². The number of carboxylic acid groups (broad SMARTS) is 1. The molecule has 1 heterocycles. The van der Waals surface area contributed by atoms with Crippen molar-refractivity contribution in [3.8, 4) is 0 Å². The number of aromatic amines is 1. The molecule has 0 aliphatic rings. The minimum Gasteiger partial charge on any atom is -0.477 e. The third-order valence-corrected chi connectivity index (χ3v) is 2.35. The molecule has 0 aliphatic carbocycles. The minimum atomic E-state index is -0.984. The molecule has 0 saturated carbocycles. The van der Waals surface area contributed by atoms with Gasteiger partial charge in [-0.05, 0) is 12.5 Å². The molecule has 2 rings (SSSR count). The van der Waals surface area contributed by atoms with E-state index in [9.17, 15) is 4.79 Å². The monoisotopic (exact) mass is 216 g/mol. The molecule has 0 unspecified atom stereocenters. The second kappa shape index (κ2) is 4.18. The van der Waals surface area contributed by atoms with Gasteiger partial charge in [0.25, 0.3) is 0 Å². The van der Waals surface area contributed by atoms with Crippen LogP contribution in [0.5, 0.6) is 0 Å². The first-order chi connectivity index (χ1) is 7.65. The summed E-state index contributed by atoms with van der Waals surface area (Å²) in [6.07, 6.45) is 1.96. The van der Waals surface area contributed by atoms with E-state index in [1.807, 2.05) is 31.2 Å². The van der Waals surface area contributed by atoms with Crippen molar-refractivity contribution < 1.29 is 9.90 Å². The maximum atomic E-state index is 10.6. The Labute approximate surface area is 93.0 Å². The number of carboxylic acids is 1. The molecular formula is C12H12N2O2. The van der Waals surface area contributed by atoms with Gasteiger partial charge < -0.3 is 10.1 Å². The number of carbonyl (C=O) groups is 1. The van der Waals surface area contributed by atoms with E-state index in [2.05, 4.69) is 9.97 Å². The molecule has 0 fully saturated rings. The fraction of sp³-hybridized carbons (Fsp3) is 0.167. The fourth-order valence-corrected chi connectivity index (χ4v) is 1.46. The first-order valence-corrected chi connectivity index (χ1v) is 4.98. The first kappa shape index (κ1) is 10.4. The van der Waals surface area contributed by atoms with Gasteiger partial charge in [-0.3, -0.25) is 0 Å². The molecule has 4 heteroatoms. The molecule has 4 nitrogen and oxygen atoms in total. The molecule has 0 spiro atoms. The van der Waals surface area contributed by atoms with Crippen molar-refractivity contribution in [1.82, 2.24) is 9.97 Å². The van der Waals surface area contributed by atoms with E-state index >= 15 is 0 Å². The number of H-pyrrole nitrogens is 1. The summed E-state index contributed by atoms with van der Waals surface area (Å²) in [5.74, 6) is -0.316. The number of nitrogens with zero attached hydrogens (tertiary/aromatic N) is 1. The van der Waals surface area contributed by atoms with Gasteiger partial charge in [0.05, 0.1) is 6.20 Å². The quantitative estimate of drug-likeness (QED) is 0.824. The standard InChI is InChI=1S/C12H12N2O2/c1-8-2-4-9(5-3-8)6-11-13-7-10(14-11)12(15)16/h2-5,7H,6H2,1H3,(H,13,14)(H,15,16). The molecular weight excluding hydrogens is 204 g/mol. The summed E-state index contributed by atoms with van der Waals surface area (Å²) in [6.45, 7) is 2.03. The highest BCUT2D eigenvalue weighted by Gasteiger charge is 2.07. The van der Waals surface area contributed by atoms with E-state index in [4.69, 9.17) is 5.11 Å². The maximum Gasteiger partial charge on any atom is 0.353 e. The van der Waals surface area contributed by atoms with Crippen LogP contribution in [-0.4, -0.2) is 21.0 Å². The summed E-state index contributed by atoms with van der Waals surface area (Å²) in [4.78, 5) is 17.4. The molecule has 2 N–H and O–H groups in total. The highest BCUT2D eigenvalue weighted by atomic mass is 16.4. The Bertz CT molecular complexity index is 500. The zero-order chi connectivity index (χ0) is 11.5. The Balaban J connectivity index is 2.14. The number of aromatic carboxylic acids is 1. The van der Waals surface area contributed by atoms with Gasteiger partial charge in [0.15, 0.2) is 0 Å². The highest BCUT2D eigenvalue weighted by Crippen LogP contribution is 2.08. The lowest BCUT2D eigenvalue weighted by Gasteiger charge is -1.98. The third-order valence-electron chi connectivity index (χ3n) is 2.35. The molecule has 0 radical (unpaired) electrons. The van der Waals surface area contributed by atoms with Crippen molar-refractivity contribution in [2.75, 3.05) is 0 Å². The molecule has 0 amide bonds. The van der Waals surface area contributed by atoms with Crippen LogP contribution in [0.25, 0.3) is 0 Å². The molecule has 2 aromatic rings. The minimum absolute atomic E-state index is 0.127. The fourth-order valence-electron chi connectivity index (χ4n) is 1.46. The topological polar surface area (TPSA) is 66.0 Å². The van der Waals surface area contributed by atoms with Gasteiger partial charge >= 0.3 is 5.97 Å². The van der Waals surface area contributed by atoms with Gasteiger partial charge in [-0.1, -0.05) is 29.8 Å². The molecule has 0 saturated heterocycles. The summed E-state index contributed by atoms with van der Waals surface area (Å²) >= 11 is 0. The van der Waals surface area contributed by atoms with Crippen LogP contribution in [0.4, 0.5) is 0 Å². The van der Waals surface area contributed by atoms with E-state index in [0.29, 0.717) is 12.2 Å². The van der Waals surface area contributed by atoms with Crippen molar-refractivity contribution in [3.63, 3.8) is 0 Å². The summed E-state index contributed by atoms with van der Waals surface area (Å²) in [7, 11) is 0. The van der Waals surface area contributed by atoms with Crippen molar-refractivity contribution in [1.29, 1.82) is 0 Å². The summed E-state index contributed by atoms with van der Waals surface area (Å²) in [5, 5.41) is 8.73. The van der Waals surface area contributed by atoms with Crippen LogP contribution in [0.3, 0.4) is 0 Å². The Hall–Kier alpha value is -2.10. The van der Waals surface area contributed by atoms with Crippen LogP contribution in [0.15, 0.2) is 30.5 Å². The van der Waals surface area contributed by atoms with Crippen molar-refractivity contribution >= 4 is 5.97 Å². The first-order valence-electron chi connectivity index (χ1n) is 4.98. The maximum absolute atomic E-state index is 10.6. The van der Waals surface area contributed by atoms with Crippen molar-refractivity contribution in [3.05, 3.63) is 53.1 Å². The van der Waals surface area contributed by atoms with Gasteiger partial charge in [0.1, 0.15) is 11.5 Å². The zero-order valence-corrected chi connectivity index (χ0v) is 8.90. The molecule has 0 atom stereocenters. The summed E-state index contributed by atoms with van der Waals surface area (Å²) in [6, 6.07) is 8.07. The van der Waals surface area contributed by atoms with E-state index in [1.54, 1.807) is 0 Å². The van der Waals surface area contributed by atoms with Crippen molar-refractivity contribution in [2.45, 2.75) is 13.3 Å². The molecule has 16 heavy (non-hydrogen) atoms. The summed E-state index contributed by atoms with van der Waals surface area (Å²) < 4.78 is 0. The number of hydrogen-bond donors (Lipinski definition) is 2. The number of nitrogens with one attached hydrogen (secondary N) is 1. The largest absolute Gasteiger partial charge is 0.477 e. The van der Waals surface area contributed by atoms with Gasteiger partial charge in [0, 0.05) is 6.42 Å². The number of aromatic nitrogens is 2. The number of rotatable bonds is 3. The van der Waals surface area contributed by atoms with Crippen LogP contribution in [0, 0.1) is 6.92 Å². The number of hydrogen-bond acceptors (Lipinski definition) is 2. The smallest absolute Gasteiger partial charge is 0.353 e. The van der Waals surface area contributed by atoms with Gasteiger partial charge in [0.2, 0.25) is 0 Å². The van der Waals surface area contributed by atoms with E-state index in [-0.39, 0.29) is 5.69 Å². The van der Waals surface area contributed by atoms with Crippen LogP contribution in [-0.2, 0) is 6.42 Å². The Kier molecular flexibility index (Phi) is 2.72. The molecule has 82 valence electrons. The molecule has 0 aliphatic heterocycles. The number of imidazole rings is 1. The Morgan fingerprint density at radius 3 is 2.62 bits per heavy atom. The van der Waals surface area contributed by atoms with E-state index < -0.39 is 5.97 Å². The lowest BCUT2D eigenvalue weighted by atomic mass is 10.1. The molecule has 1 aromatic heterocycles. The van der Waals surface area contributed by atoms with Crippen LogP contribution in [0.1, 0.15) is 27.4 Å². The number of benzene rings is 1. The van der Waals surface area contributed by atoms with Crippen LogP contribution >= 0.6 is 0 Å². The lowest BCUT2D eigenvalue weighted by Crippen LogP contribution is -1.97. The predicted octanol–water partition coefficient (Wildman–Crippen LogP) is 2.01. The normalized spacial score (nSPS) is 10.3. The Morgan fingerprint density at radius 2 is 2.06 bits per heavy atom.